The number of methoxy groups -OCH3 is 1. The normalized spacial score (nSPS) is 17.1. The first-order valence-corrected chi connectivity index (χ1v) is 6.64. The molecule has 1 amide bonds. The predicted octanol–water partition coefficient (Wildman–Crippen LogP) is 2.47. The summed E-state index contributed by atoms with van der Waals surface area (Å²) in [4.78, 5) is 15.4. The Morgan fingerprint density at radius 1 is 1.42 bits per heavy atom. The molecule has 0 bridgehead atoms. The molecule has 0 unspecified atom stereocenters. The topological polar surface area (TPSA) is 54.1 Å². The molecular formula is C15H18N2O2. The molecular weight excluding hydrogens is 240 g/mol. The Kier molecular flexibility index (Phi) is 3.03. The van der Waals surface area contributed by atoms with Crippen LogP contribution in [0.2, 0.25) is 0 Å². The lowest BCUT2D eigenvalue weighted by molar-refractivity contribution is -0.0679. The van der Waals surface area contributed by atoms with Crippen LogP contribution in [-0.4, -0.2) is 30.1 Å². The SMILES string of the molecule is COC1(CNC(=O)c2cccc3[nH]ccc23)CCC1. The number of fused-ring (bicyclic) bond motifs is 1. The molecule has 19 heavy (non-hydrogen) atoms. The fraction of sp³-hybridized carbons (Fsp3) is 0.400. The van der Waals surface area contributed by atoms with E-state index < -0.39 is 0 Å². The van der Waals surface area contributed by atoms with Gasteiger partial charge < -0.3 is 15.0 Å². The summed E-state index contributed by atoms with van der Waals surface area (Å²) < 4.78 is 5.51. The number of ether oxygens (including phenoxy) is 1. The van der Waals surface area contributed by atoms with Gasteiger partial charge in [0.25, 0.3) is 5.91 Å². The van der Waals surface area contributed by atoms with E-state index in [1.807, 2.05) is 30.5 Å². The van der Waals surface area contributed by atoms with E-state index in [9.17, 15) is 4.79 Å². The number of carbonyl (C=O) groups is 1. The van der Waals surface area contributed by atoms with E-state index in [0.717, 1.165) is 23.7 Å². The second kappa shape index (κ2) is 4.70. The van der Waals surface area contributed by atoms with Gasteiger partial charge in [0, 0.05) is 36.3 Å². The largest absolute Gasteiger partial charge is 0.376 e. The predicted molar refractivity (Wildman–Crippen MR) is 74.2 cm³/mol. The van der Waals surface area contributed by atoms with Gasteiger partial charge in [0.05, 0.1) is 5.60 Å². The average Bonchev–Trinajstić information content (AvgIpc) is 2.85. The Labute approximate surface area is 112 Å². The van der Waals surface area contributed by atoms with Gasteiger partial charge in [0.15, 0.2) is 0 Å². The van der Waals surface area contributed by atoms with E-state index >= 15 is 0 Å². The van der Waals surface area contributed by atoms with E-state index in [4.69, 9.17) is 4.74 Å². The molecule has 4 nitrogen and oxygen atoms in total. The third-order valence-electron chi connectivity index (χ3n) is 4.11. The number of benzene rings is 1. The molecule has 3 rings (SSSR count). The number of amides is 1. The smallest absolute Gasteiger partial charge is 0.252 e. The van der Waals surface area contributed by atoms with Crippen LogP contribution in [0.15, 0.2) is 30.5 Å². The molecule has 2 aromatic rings. The van der Waals surface area contributed by atoms with Gasteiger partial charge in [-0.05, 0) is 37.5 Å². The van der Waals surface area contributed by atoms with Gasteiger partial charge in [-0.2, -0.15) is 0 Å². The fourth-order valence-electron chi connectivity index (χ4n) is 2.64. The highest BCUT2D eigenvalue weighted by Gasteiger charge is 2.37. The number of hydrogen-bond donors (Lipinski definition) is 2. The highest BCUT2D eigenvalue weighted by molar-refractivity contribution is 6.06. The van der Waals surface area contributed by atoms with Crippen LogP contribution in [-0.2, 0) is 4.74 Å². The average molecular weight is 258 g/mol. The number of aromatic nitrogens is 1. The Bertz CT molecular complexity index is 593. The molecule has 0 saturated heterocycles. The summed E-state index contributed by atoms with van der Waals surface area (Å²) in [5.41, 5.74) is 1.56. The van der Waals surface area contributed by atoms with Crippen molar-refractivity contribution < 1.29 is 9.53 Å². The number of carbonyl (C=O) groups excluding carboxylic acids is 1. The van der Waals surface area contributed by atoms with Crippen molar-refractivity contribution in [1.29, 1.82) is 0 Å². The Hall–Kier alpha value is -1.81. The minimum Gasteiger partial charge on any atom is -0.376 e. The van der Waals surface area contributed by atoms with Crippen LogP contribution < -0.4 is 5.32 Å². The van der Waals surface area contributed by atoms with Crippen molar-refractivity contribution in [2.45, 2.75) is 24.9 Å². The monoisotopic (exact) mass is 258 g/mol. The molecule has 0 spiro atoms. The van der Waals surface area contributed by atoms with E-state index in [0.29, 0.717) is 12.1 Å². The van der Waals surface area contributed by atoms with Crippen LogP contribution in [0.3, 0.4) is 0 Å². The molecule has 100 valence electrons. The van der Waals surface area contributed by atoms with Crippen LogP contribution >= 0.6 is 0 Å². The zero-order valence-electron chi connectivity index (χ0n) is 11.0. The van der Waals surface area contributed by atoms with Crippen molar-refractivity contribution in [1.82, 2.24) is 10.3 Å². The molecule has 1 heterocycles. The number of hydrogen-bond acceptors (Lipinski definition) is 2. The maximum absolute atomic E-state index is 12.3. The fourth-order valence-corrected chi connectivity index (χ4v) is 2.64. The lowest BCUT2D eigenvalue weighted by Gasteiger charge is -2.40. The van der Waals surface area contributed by atoms with E-state index in [-0.39, 0.29) is 11.5 Å². The molecule has 0 aliphatic heterocycles. The molecule has 1 aliphatic rings. The van der Waals surface area contributed by atoms with Crippen LogP contribution in [0.1, 0.15) is 29.6 Å². The van der Waals surface area contributed by atoms with Gasteiger partial charge in [-0.1, -0.05) is 6.07 Å². The molecule has 1 aromatic heterocycles. The number of nitrogens with one attached hydrogen (secondary N) is 2. The van der Waals surface area contributed by atoms with E-state index in [1.165, 1.54) is 6.42 Å². The summed E-state index contributed by atoms with van der Waals surface area (Å²) in [6, 6.07) is 7.64. The lowest BCUT2D eigenvalue weighted by atomic mass is 9.80. The van der Waals surface area contributed by atoms with Crippen molar-refractivity contribution in [3.05, 3.63) is 36.0 Å². The summed E-state index contributed by atoms with van der Waals surface area (Å²) >= 11 is 0. The van der Waals surface area contributed by atoms with Gasteiger partial charge in [-0.15, -0.1) is 0 Å². The van der Waals surface area contributed by atoms with Crippen LogP contribution in [0.25, 0.3) is 10.9 Å². The highest BCUT2D eigenvalue weighted by Crippen LogP contribution is 2.34. The first-order chi connectivity index (χ1) is 9.24. The maximum atomic E-state index is 12.3. The van der Waals surface area contributed by atoms with Crippen LogP contribution in [0.5, 0.6) is 0 Å². The van der Waals surface area contributed by atoms with Gasteiger partial charge in [0.2, 0.25) is 0 Å². The van der Waals surface area contributed by atoms with Crippen molar-refractivity contribution >= 4 is 16.8 Å². The summed E-state index contributed by atoms with van der Waals surface area (Å²) in [6.45, 7) is 0.586. The third kappa shape index (κ3) is 2.12. The van der Waals surface area contributed by atoms with Crippen molar-refractivity contribution in [2.24, 2.45) is 0 Å². The summed E-state index contributed by atoms with van der Waals surface area (Å²) in [7, 11) is 1.72. The van der Waals surface area contributed by atoms with E-state index in [2.05, 4.69) is 10.3 Å². The molecule has 0 atom stereocenters. The number of rotatable bonds is 4. The van der Waals surface area contributed by atoms with Gasteiger partial charge in [-0.3, -0.25) is 4.79 Å². The standard InChI is InChI=1S/C15H18N2O2/c1-19-15(7-3-8-15)10-17-14(18)12-4-2-5-13-11(12)6-9-16-13/h2,4-6,9,16H,3,7-8,10H2,1H3,(H,17,18). The third-order valence-corrected chi connectivity index (χ3v) is 4.11. The molecule has 4 heteroatoms. The van der Waals surface area contributed by atoms with Gasteiger partial charge in [-0.25, -0.2) is 0 Å². The molecule has 2 N–H and O–H groups in total. The summed E-state index contributed by atoms with van der Waals surface area (Å²) in [6.07, 6.45) is 5.08. The Morgan fingerprint density at radius 3 is 2.95 bits per heavy atom. The number of H-pyrrole nitrogens is 1. The van der Waals surface area contributed by atoms with Crippen LogP contribution in [0.4, 0.5) is 0 Å². The zero-order valence-corrected chi connectivity index (χ0v) is 11.0. The van der Waals surface area contributed by atoms with Crippen molar-refractivity contribution in [3.8, 4) is 0 Å². The minimum atomic E-state index is -0.137. The summed E-state index contributed by atoms with van der Waals surface area (Å²) in [5.74, 6) is -0.0338. The summed E-state index contributed by atoms with van der Waals surface area (Å²) in [5, 5.41) is 3.96. The zero-order chi connectivity index (χ0) is 13.3. The van der Waals surface area contributed by atoms with Crippen LogP contribution in [0, 0.1) is 0 Å². The van der Waals surface area contributed by atoms with E-state index in [1.54, 1.807) is 7.11 Å². The first-order valence-electron chi connectivity index (χ1n) is 6.64. The number of aromatic amines is 1. The first kappa shape index (κ1) is 12.2. The molecule has 0 radical (unpaired) electrons. The lowest BCUT2D eigenvalue weighted by Crippen LogP contribution is -2.49. The molecule has 1 aliphatic carbocycles. The highest BCUT2D eigenvalue weighted by atomic mass is 16.5. The molecule has 1 fully saturated rings. The van der Waals surface area contributed by atoms with Gasteiger partial charge >= 0.3 is 0 Å². The second-order valence-electron chi connectivity index (χ2n) is 5.17. The minimum absolute atomic E-state index is 0.0338. The Balaban J connectivity index is 1.75. The quantitative estimate of drug-likeness (QED) is 0.885. The van der Waals surface area contributed by atoms with Gasteiger partial charge in [0.1, 0.15) is 0 Å². The Morgan fingerprint density at radius 2 is 2.26 bits per heavy atom. The molecule has 1 aromatic carbocycles. The van der Waals surface area contributed by atoms with Crippen molar-refractivity contribution in [2.75, 3.05) is 13.7 Å². The second-order valence-corrected chi connectivity index (χ2v) is 5.17. The maximum Gasteiger partial charge on any atom is 0.252 e. The van der Waals surface area contributed by atoms with Crippen molar-refractivity contribution in [3.63, 3.8) is 0 Å². The molecule has 1 saturated carbocycles.